The summed E-state index contributed by atoms with van der Waals surface area (Å²) < 4.78 is 5.53. The average Bonchev–Trinajstić information content (AvgIpc) is 3.13. The van der Waals surface area contributed by atoms with Crippen molar-refractivity contribution in [1.82, 2.24) is 10.2 Å². The number of benzene rings is 1. The van der Waals surface area contributed by atoms with Gasteiger partial charge in [-0.25, -0.2) is 4.79 Å². The lowest BCUT2D eigenvalue weighted by Crippen LogP contribution is -2.45. The molecule has 1 aliphatic heterocycles. The van der Waals surface area contributed by atoms with Crippen LogP contribution in [-0.2, 0) is 15.1 Å². The smallest absolute Gasteiger partial charge is 0.325 e. The number of amides is 4. The first-order chi connectivity index (χ1) is 14.6. The molecule has 1 aromatic heterocycles. The fourth-order valence-corrected chi connectivity index (χ4v) is 4.04. The second-order valence-electron chi connectivity index (χ2n) is 8.07. The van der Waals surface area contributed by atoms with Crippen LogP contribution in [0.5, 0.6) is 0 Å². The Balaban J connectivity index is 1.88. The van der Waals surface area contributed by atoms with Gasteiger partial charge in [0.15, 0.2) is 0 Å². The van der Waals surface area contributed by atoms with E-state index in [-0.39, 0.29) is 13.0 Å². The van der Waals surface area contributed by atoms with Crippen LogP contribution in [-0.4, -0.2) is 35.8 Å². The molecule has 0 radical (unpaired) electrons. The zero-order valence-corrected chi connectivity index (χ0v) is 18.4. The molecule has 0 spiro atoms. The molecule has 2 aromatic rings. The summed E-state index contributed by atoms with van der Waals surface area (Å²) in [7, 11) is 0. The molecule has 1 saturated heterocycles. The number of furan rings is 1. The van der Waals surface area contributed by atoms with Gasteiger partial charge in [-0.3, -0.25) is 14.5 Å². The van der Waals surface area contributed by atoms with Gasteiger partial charge in [-0.15, -0.1) is 0 Å². The Morgan fingerprint density at radius 1 is 1.16 bits per heavy atom. The molecular formula is C23H26N4O4. The summed E-state index contributed by atoms with van der Waals surface area (Å²) in [6.45, 7) is 8.67. The van der Waals surface area contributed by atoms with Crippen LogP contribution in [0.1, 0.15) is 41.6 Å². The molecule has 0 bridgehead atoms. The third-order valence-electron chi connectivity index (χ3n) is 5.41. The Hall–Kier alpha value is -3.60. The van der Waals surface area contributed by atoms with Gasteiger partial charge in [0.25, 0.3) is 5.91 Å². The molecule has 2 heterocycles. The van der Waals surface area contributed by atoms with Gasteiger partial charge >= 0.3 is 6.03 Å². The first kappa shape index (κ1) is 22.1. The van der Waals surface area contributed by atoms with E-state index in [4.69, 9.17) is 9.68 Å². The SMILES string of the molecule is Cc1cc(C)cc(N(CCC#N)C(=O)CN2C(=O)NC(C)(c3cc(C)oc3C)C2=O)c1. The third-order valence-corrected chi connectivity index (χ3v) is 5.41. The van der Waals surface area contributed by atoms with Crippen LogP contribution in [0.15, 0.2) is 28.7 Å². The minimum Gasteiger partial charge on any atom is -0.466 e. The summed E-state index contributed by atoms with van der Waals surface area (Å²) in [5.74, 6) is 0.207. The van der Waals surface area contributed by atoms with Gasteiger partial charge in [-0.05, 0) is 63.9 Å². The van der Waals surface area contributed by atoms with Crippen LogP contribution in [0, 0.1) is 39.0 Å². The van der Waals surface area contributed by atoms with Gasteiger partial charge in [0.1, 0.15) is 23.6 Å². The fraction of sp³-hybridized carbons (Fsp3) is 0.391. The molecule has 8 nitrogen and oxygen atoms in total. The van der Waals surface area contributed by atoms with E-state index in [1.54, 1.807) is 26.8 Å². The maximum absolute atomic E-state index is 13.2. The maximum Gasteiger partial charge on any atom is 0.325 e. The van der Waals surface area contributed by atoms with Crippen molar-refractivity contribution in [3.8, 4) is 6.07 Å². The second kappa shape index (κ2) is 8.26. The number of nitriles is 1. The minimum atomic E-state index is -1.31. The Labute approximate surface area is 181 Å². The van der Waals surface area contributed by atoms with Crippen molar-refractivity contribution >= 4 is 23.5 Å². The second-order valence-corrected chi connectivity index (χ2v) is 8.07. The zero-order chi connectivity index (χ0) is 22.9. The van der Waals surface area contributed by atoms with Crippen molar-refractivity contribution < 1.29 is 18.8 Å². The number of carbonyl (C=O) groups excluding carboxylic acids is 3. The first-order valence-electron chi connectivity index (χ1n) is 10.0. The van der Waals surface area contributed by atoms with Gasteiger partial charge in [0.2, 0.25) is 5.91 Å². The summed E-state index contributed by atoms with van der Waals surface area (Å²) in [6.07, 6.45) is 0.129. The maximum atomic E-state index is 13.2. The van der Waals surface area contributed by atoms with Crippen molar-refractivity contribution in [3.63, 3.8) is 0 Å². The molecule has 31 heavy (non-hydrogen) atoms. The third kappa shape index (κ3) is 4.17. The summed E-state index contributed by atoms with van der Waals surface area (Å²) in [6, 6.07) is 8.79. The van der Waals surface area contributed by atoms with Gasteiger partial charge < -0.3 is 14.6 Å². The number of hydrogen-bond donors (Lipinski definition) is 1. The Morgan fingerprint density at radius 3 is 2.35 bits per heavy atom. The number of urea groups is 1. The standard InChI is InChI=1S/C23H26N4O4/c1-14-9-15(2)11-18(10-14)26(8-6-7-24)20(28)13-27-21(29)23(5,25-22(27)30)19-12-16(3)31-17(19)4/h9-12H,6,8,13H2,1-5H3,(H,25,30). The highest BCUT2D eigenvalue weighted by atomic mass is 16.3. The number of carbonyl (C=O) groups is 3. The van der Waals surface area contributed by atoms with Crippen molar-refractivity contribution in [1.29, 1.82) is 5.26 Å². The highest BCUT2D eigenvalue weighted by Crippen LogP contribution is 2.33. The lowest BCUT2D eigenvalue weighted by Gasteiger charge is -2.25. The van der Waals surface area contributed by atoms with E-state index in [1.807, 2.05) is 38.1 Å². The average molecular weight is 422 g/mol. The lowest BCUT2D eigenvalue weighted by atomic mass is 9.92. The Bertz CT molecular complexity index is 1080. The van der Waals surface area contributed by atoms with E-state index in [0.29, 0.717) is 22.8 Å². The van der Waals surface area contributed by atoms with Crippen molar-refractivity contribution in [3.05, 3.63) is 52.5 Å². The number of nitrogens with zero attached hydrogens (tertiary/aromatic N) is 3. The molecule has 1 unspecified atom stereocenters. The van der Waals surface area contributed by atoms with E-state index < -0.39 is 29.9 Å². The van der Waals surface area contributed by atoms with Gasteiger partial charge in [-0.2, -0.15) is 5.26 Å². The van der Waals surface area contributed by atoms with Crippen LogP contribution in [0.3, 0.4) is 0 Å². The summed E-state index contributed by atoms with van der Waals surface area (Å²) in [4.78, 5) is 41.4. The van der Waals surface area contributed by atoms with Crippen molar-refractivity contribution in [2.24, 2.45) is 0 Å². The number of aryl methyl sites for hydroxylation is 4. The largest absolute Gasteiger partial charge is 0.466 e. The topological polar surface area (TPSA) is 107 Å². The molecule has 4 amide bonds. The van der Waals surface area contributed by atoms with Crippen LogP contribution in [0.4, 0.5) is 10.5 Å². The minimum absolute atomic E-state index is 0.129. The highest BCUT2D eigenvalue weighted by molar-refractivity contribution is 6.10. The molecule has 162 valence electrons. The molecular weight excluding hydrogens is 396 g/mol. The fourth-order valence-electron chi connectivity index (χ4n) is 4.04. The molecule has 1 fully saturated rings. The van der Waals surface area contributed by atoms with E-state index in [1.165, 1.54) is 4.90 Å². The highest BCUT2D eigenvalue weighted by Gasteiger charge is 2.51. The summed E-state index contributed by atoms with van der Waals surface area (Å²) in [5.41, 5.74) is 1.83. The number of hydrogen-bond acceptors (Lipinski definition) is 5. The molecule has 1 aliphatic rings. The van der Waals surface area contributed by atoms with Crippen LogP contribution < -0.4 is 10.2 Å². The molecule has 1 aromatic carbocycles. The Morgan fingerprint density at radius 2 is 1.81 bits per heavy atom. The zero-order valence-electron chi connectivity index (χ0n) is 18.4. The number of imide groups is 1. The van der Waals surface area contributed by atoms with Gasteiger partial charge in [-0.1, -0.05) is 6.07 Å². The van der Waals surface area contributed by atoms with E-state index in [0.717, 1.165) is 16.0 Å². The van der Waals surface area contributed by atoms with Gasteiger partial charge in [0, 0.05) is 17.8 Å². The summed E-state index contributed by atoms with van der Waals surface area (Å²) in [5, 5.41) is 11.7. The lowest BCUT2D eigenvalue weighted by molar-refractivity contribution is -0.134. The van der Waals surface area contributed by atoms with Crippen LogP contribution in [0.2, 0.25) is 0 Å². The number of nitrogens with one attached hydrogen (secondary N) is 1. The monoisotopic (exact) mass is 422 g/mol. The van der Waals surface area contributed by atoms with Crippen LogP contribution in [0.25, 0.3) is 0 Å². The quantitative estimate of drug-likeness (QED) is 0.720. The number of anilines is 1. The van der Waals surface area contributed by atoms with E-state index in [2.05, 4.69) is 5.32 Å². The number of rotatable bonds is 6. The normalized spacial score (nSPS) is 18.1. The van der Waals surface area contributed by atoms with Crippen LogP contribution >= 0.6 is 0 Å². The van der Waals surface area contributed by atoms with Crippen molar-refractivity contribution in [2.45, 2.75) is 46.6 Å². The Kier molecular flexibility index (Phi) is 5.89. The molecule has 3 rings (SSSR count). The molecule has 0 saturated carbocycles. The predicted molar refractivity (Wildman–Crippen MR) is 114 cm³/mol. The first-order valence-corrected chi connectivity index (χ1v) is 10.0. The van der Waals surface area contributed by atoms with E-state index in [9.17, 15) is 14.4 Å². The molecule has 8 heteroatoms. The molecule has 1 atom stereocenters. The molecule has 0 aliphatic carbocycles. The van der Waals surface area contributed by atoms with Crippen molar-refractivity contribution in [2.75, 3.05) is 18.0 Å². The summed E-state index contributed by atoms with van der Waals surface area (Å²) >= 11 is 0. The van der Waals surface area contributed by atoms with Gasteiger partial charge in [0.05, 0.1) is 12.5 Å². The predicted octanol–water partition coefficient (Wildman–Crippen LogP) is 3.23. The molecule has 1 N–H and O–H groups in total. The van der Waals surface area contributed by atoms with E-state index >= 15 is 0 Å².